The summed E-state index contributed by atoms with van der Waals surface area (Å²) < 4.78 is 42.7. The largest absolute Gasteiger partial charge is 0.401 e. The average molecular weight is 267 g/mol. The summed E-state index contributed by atoms with van der Waals surface area (Å²) in [7, 11) is 0. The summed E-state index contributed by atoms with van der Waals surface area (Å²) in [5.74, 6) is 0. The molecular weight excluding hydrogens is 247 g/mol. The first-order valence-corrected chi connectivity index (χ1v) is 6.13. The molecule has 1 aliphatic heterocycles. The monoisotopic (exact) mass is 267 g/mol. The van der Waals surface area contributed by atoms with Crippen LogP contribution in [0, 0.1) is 5.41 Å². The molecule has 1 rings (SSSR count). The number of hydrogen-bond acceptors (Lipinski definition) is 3. The van der Waals surface area contributed by atoms with Crippen molar-refractivity contribution in [2.75, 3.05) is 26.3 Å². The molecule has 0 unspecified atom stereocenters. The Morgan fingerprint density at radius 1 is 1.33 bits per heavy atom. The lowest BCUT2D eigenvalue weighted by Crippen LogP contribution is -2.48. The Hall–Kier alpha value is -0.620. The highest BCUT2D eigenvalue weighted by atomic mass is 19.4. The molecule has 1 fully saturated rings. The van der Waals surface area contributed by atoms with Crippen molar-refractivity contribution in [2.45, 2.75) is 38.9 Å². The van der Waals surface area contributed by atoms with Gasteiger partial charge >= 0.3 is 6.18 Å². The third-order valence-electron chi connectivity index (χ3n) is 3.37. The Labute approximate surface area is 105 Å². The number of alkyl halides is 3. The summed E-state index contributed by atoms with van der Waals surface area (Å²) in [5.41, 5.74) is -0.687. The van der Waals surface area contributed by atoms with Crippen molar-refractivity contribution in [3.63, 3.8) is 0 Å². The average Bonchev–Trinajstić information content (AvgIpc) is 2.27. The number of carbonyl (C=O) groups excluding carboxylic acids is 1. The van der Waals surface area contributed by atoms with Gasteiger partial charge in [0.05, 0.1) is 6.54 Å². The van der Waals surface area contributed by atoms with Crippen LogP contribution >= 0.6 is 0 Å². The maximum absolute atomic E-state index is 12.5. The fraction of sp³-hybridized carbons (Fsp3) is 0.917. The molecule has 0 radical (unpaired) electrons. The van der Waals surface area contributed by atoms with Crippen LogP contribution in [-0.2, 0) is 9.53 Å². The summed E-state index contributed by atoms with van der Waals surface area (Å²) in [4.78, 5) is 12.6. The highest BCUT2D eigenvalue weighted by molar-refractivity contribution is 5.60. The molecule has 0 atom stereocenters. The molecule has 3 nitrogen and oxygen atoms in total. The van der Waals surface area contributed by atoms with E-state index in [1.807, 2.05) is 0 Å². The topological polar surface area (TPSA) is 29.5 Å². The van der Waals surface area contributed by atoms with Gasteiger partial charge in [0.15, 0.2) is 0 Å². The number of hydrogen-bond donors (Lipinski definition) is 0. The number of ether oxygens (including phenoxy) is 1. The maximum Gasteiger partial charge on any atom is 0.401 e. The Balaban J connectivity index is 2.71. The first-order valence-electron chi connectivity index (χ1n) is 6.13. The lowest BCUT2D eigenvalue weighted by atomic mass is 9.81. The number of aldehydes is 1. The van der Waals surface area contributed by atoms with Gasteiger partial charge in [-0.3, -0.25) is 4.90 Å². The second kappa shape index (κ2) is 6.02. The predicted molar refractivity (Wildman–Crippen MR) is 61.3 cm³/mol. The Morgan fingerprint density at radius 2 is 1.89 bits per heavy atom. The van der Waals surface area contributed by atoms with Crippen molar-refractivity contribution in [3.8, 4) is 0 Å². The number of nitrogens with zero attached hydrogens (tertiary/aromatic N) is 1. The number of rotatable bonds is 5. The minimum atomic E-state index is -4.24. The van der Waals surface area contributed by atoms with Crippen molar-refractivity contribution in [1.82, 2.24) is 4.90 Å². The van der Waals surface area contributed by atoms with Crippen LogP contribution in [0.4, 0.5) is 13.2 Å². The van der Waals surface area contributed by atoms with Gasteiger partial charge in [-0.05, 0) is 26.7 Å². The zero-order chi connectivity index (χ0) is 13.8. The molecule has 0 aliphatic carbocycles. The smallest absolute Gasteiger partial charge is 0.381 e. The van der Waals surface area contributed by atoms with Crippen molar-refractivity contribution >= 4 is 6.29 Å². The summed E-state index contributed by atoms with van der Waals surface area (Å²) >= 11 is 0. The SMILES string of the molecule is CC(C)N(CC(F)(F)F)CC1(C=O)CCOCC1. The van der Waals surface area contributed by atoms with Crippen molar-refractivity contribution < 1.29 is 22.7 Å². The number of carbonyl (C=O) groups is 1. The molecule has 0 saturated carbocycles. The molecule has 0 aromatic rings. The van der Waals surface area contributed by atoms with E-state index >= 15 is 0 Å². The second-order valence-electron chi connectivity index (χ2n) is 5.21. The summed E-state index contributed by atoms with van der Waals surface area (Å²) in [5, 5.41) is 0. The summed E-state index contributed by atoms with van der Waals surface area (Å²) in [6.45, 7) is 3.48. The van der Waals surface area contributed by atoms with E-state index in [4.69, 9.17) is 4.74 Å². The minimum Gasteiger partial charge on any atom is -0.381 e. The molecule has 0 aromatic carbocycles. The van der Waals surface area contributed by atoms with E-state index in [9.17, 15) is 18.0 Å². The van der Waals surface area contributed by atoms with Gasteiger partial charge in [-0.25, -0.2) is 0 Å². The first-order chi connectivity index (χ1) is 8.28. The van der Waals surface area contributed by atoms with Gasteiger partial charge < -0.3 is 9.53 Å². The molecule has 18 heavy (non-hydrogen) atoms. The molecule has 0 aromatic heterocycles. The van der Waals surface area contributed by atoms with Crippen molar-refractivity contribution in [1.29, 1.82) is 0 Å². The summed E-state index contributed by atoms with van der Waals surface area (Å²) in [6, 6.07) is -0.244. The molecular formula is C12H20F3NO2. The zero-order valence-electron chi connectivity index (χ0n) is 10.8. The third-order valence-corrected chi connectivity index (χ3v) is 3.37. The molecule has 1 aliphatic rings. The molecule has 6 heteroatoms. The van der Waals surface area contributed by atoms with Crippen LogP contribution in [0.2, 0.25) is 0 Å². The standard InChI is InChI=1S/C12H20F3NO2/c1-10(2)16(8-12(13,14)15)7-11(9-17)3-5-18-6-4-11/h9-10H,3-8H2,1-2H3. The number of halogens is 3. The van der Waals surface area contributed by atoms with Crippen LogP contribution in [-0.4, -0.2) is 49.7 Å². The molecule has 0 amide bonds. The molecule has 0 N–H and O–H groups in total. The highest BCUT2D eigenvalue weighted by Gasteiger charge is 2.39. The maximum atomic E-state index is 12.5. The van der Waals surface area contributed by atoms with Crippen molar-refractivity contribution in [3.05, 3.63) is 0 Å². The quantitative estimate of drug-likeness (QED) is 0.716. The van der Waals surface area contributed by atoms with Crippen LogP contribution in [0.1, 0.15) is 26.7 Å². The van der Waals surface area contributed by atoms with Gasteiger partial charge in [-0.2, -0.15) is 13.2 Å². The van der Waals surface area contributed by atoms with E-state index < -0.39 is 18.1 Å². The molecule has 106 valence electrons. The molecule has 1 saturated heterocycles. The van der Waals surface area contributed by atoms with Crippen LogP contribution in [0.25, 0.3) is 0 Å². The van der Waals surface area contributed by atoms with Crippen LogP contribution in [0.3, 0.4) is 0 Å². The van der Waals surface area contributed by atoms with Gasteiger partial charge in [-0.15, -0.1) is 0 Å². The Bertz CT molecular complexity index is 273. The second-order valence-corrected chi connectivity index (χ2v) is 5.21. The van der Waals surface area contributed by atoms with E-state index in [1.54, 1.807) is 13.8 Å². The van der Waals surface area contributed by atoms with Gasteiger partial charge in [0.2, 0.25) is 0 Å². The molecule has 0 bridgehead atoms. The van der Waals surface area contributed by atoms with E-state index in [0.29, 0.717) is 26.1 Å². The lowest BCUT2D eigenvalue weighted by molar-refractivity contribution is -0.157. The lowest BCUT2D eigenvalue weighted by Gasteiger charge is -2.38. The van der Waals surface area contributed by atoms with Gasteiger partial charge in [-0.1, -0.05) is 0 Å². The highest BCUT2D eigenvalue weighted by Crippen LogP contribution is 2.31. The van der Waals surface area contributed by atoms with Crippen LogP contribution in [0.15, 0.2) is 0 Å². The normalized spacial score (nSPS) is 20.4. The minimum absolute atomic E-state index is 0.150. The fourth-order valence-corrected chi connectivity index (χ4v) is 2.15. The summed E-state index contributed by atoms with van der Waals surface area (Å²) in [6.07, 6.45) is -2.43. The first kappa shape index (κ1) is 15.4. The van der Waals surface area contributed by atoms with Gasteiger partial charge in [0.1, 0.15) is 6.29 Å². The fourth-order valence-electron chi connectivity index (χ4n) is 2.15. The van der Waals surface area contributed by atoms with Crippen LogP contribution < -0.4 is 0 Å². The van der Waals surface area contributed by atoms with E-state index in [-0.39, 0.29) is 12.6 Å². The molecule has 1 heterocycles. The molecule has 0 spiro atoms. The predicted octanol–water partition coefficient (Wildman–Crippen LogP) is 2.25. The third kappa shape index (κ3) is 4.57. The van der Waals surface area contributed by atoms with Crippen molar-refractivity contribution in [2.24, 2.45) is 5.41 Å². The van der Waals surface area contributed by atoms with Crippen LogP contribution in [0.5, 0.6) is 0 Å². The van der Waals surface area contributed by atoms with Gasteiger partial charge in [0, 0.05) is 31.2 Å². The van der Waals surface area contributed by atoms with Gasteiger partial charge in [0.25, 0.3) is 0 Å². The Kier molecular flexibility index (Phi) is 5.16. The van der Waals surface area contributed by atoms with E-state index in [1.165, 1.54) is 4.90 Å². The zero-order valence-corrected chi connectivity index (χ0v) is 10.8. The van der Waals surface area contributed by atoms with E-state index in [0.717, 1.165) is 6.29 Å². The Morgan fingerprint density at radius 3 is 2.28 bits per heavy atom. The van der Waals surface area contributed by atoms with E-state index in [2.05, 4.69) is 0 Å².